The van der Waals surface area contributed by atoms with Gasteiger partial charge in [0.05, 0.1) is 6.04 Å². The van der Waals surface area contributed by atoms with Gasteiger partial charge in [-0.1, -0.05) is 6.92 Å². The van der Waals surface area contributed by atoms with Crippen molar-refractivity contribution in [1.82, 2.24) is 10.2 Å². The maximum atomic E-state index is 11.0. The Morgan fingerprint density at radius 3 is 2.36 bits per heavy atom. The number of hydrogen-bond acceptors (Lipinski definition) is 2. The Labute approximate surface area is 74.6 Å². The van der Waals surface area contributed by atoms with E-state index >= 15 is 0 Å². The smallest absolute Gasteiger partial charge is 0.236 e. The average molecular weight is 181 g/mol. The molecule has 1 amide bonds. The fraction of sp³-hybridized carbons (Fsp3) is 0.857. The summed E-state index contributed by atoms with van der Waals surface area (Å²) in [7, 11) is 3.59. The van der Waals surface area contributed by atoms with Crippen LogP contribution < -0.4 is 5.32 Å². The van der Waals surface area contributed by atoms with Crippen LogP contribution in [0.3, 0.4) is 0 Å². The lowest BCUT2D eigenvalue weighted by Crippen LogP contribution is -2.41. The van der Waals surface area contributed by atoms with E-state index < -0.39 is 0 Å². The Morgan fingerprint density at radius 2 is 2.09 bits per heavy atom. The molecule has 0 heterocycles. The van der Waals surface area contributed by atoms with E-state index in [1.165, 1.54) is 0 Å². The van der Waals surface area contributed by atoms with Gasteiger partial charge in [0, 0.05) is 7.05 Å². The lowest BCUT2D eigenvalue weighted by atomic mass is 10.3. The minimum absolute atomic E-state index is 0. The third-order valence-electron chi connectivity index (χ3n) is 1.79. The summed E-state index contributed by atoms with van der Waals surface area (Å²) in [5, 5.41) is 2.60. The number of amides is 1. The zero-order valence-electron chi connectivity index (χ0n) is 7.55. The Kier molecular flexibility index (Phi) is 7.79. The third kappa shape index (κ3) is 4.22. The molecule has 0 aromatic rings. The summed E-state index contributed by atoms with van der Waals surface area (Å²) < 4.78 is 0. The van der Waals surface area contributed by atoms with Crippen LogP contribution in [-0.2, 0) is 4.79 Å². The highest BCUT2D eigenvalue weighted by Gasteiger charge is 2.13. The van der Waals surface area contributed by atoms with Crippen LogP contribution in [0.15, 0.2) is 0 Å². The number of hydrogen-bond donors (Lipinski definition) is 1. The van der Waals surface area contributed by atoms with E-state index in [0.29, 0.717) is 0 Å². The molecule has 0 aliphatic heterocycles. The van der Waals surface area contributed by atoms with Crippen molar-refractivity contribution in [2.45, 2.75) is 19.9 Å². The summed E-state index contributed by atoms with van der Waals surface area (Å²) in [6.07, 6.45) is 0. The number of halogens is 1. The zero-order valence-corrected chi connectivity index (χ0v) is 8.36. The van der Waals surface area contributed by atoms with Gasteiger partial charge in [-0.2, -0.15) is 0 Å². The Balaban J connectivity index is 0. The van der Waals surface area contributed by atoms with Gasteiger partial charge in [0.15, 0.2) is 0 Å². The Hall–Kier alpha value is -0.280. The number of rotatable bonds is 3. The minimum atomic E-state index is -0.0185. The summed E-state index contributed by atoms with van der Waals surface area (Å²) in [6, 6.07) is -0.0185. The molecule has 0 aliphatic rings. The van der Waals surface area contributed by atoms with Gasteiger partial charge < -0.3 is 5.32 Å². The summed E-state index contributed by atoms with van der Waals surface area (Å²) >= 11 is 0. The van der Waals surface area contributed by atoms with E-state index in [2.05, 4.69) is 5.32 Å². The quantitative estimate of drug-likeness (QED) is 0.686. The molecule has 0 fully saturated rings. The zero-order chi connectivity index (χ0) is 8.15. The predicted molar refractivity (Wildman–Crippen MR) is 49.1 cm³/mol. The molecule has 68 valence electrons. The van der Waals surface area contributed by atoms with Gasteiger partial charge in [-0.3, -0.25) is 9.69 Å². The van der Waals surface area contributed by atoms with Gasteiger partial charge in [0.1, 0.15) is 0 Å². The summed E-state index contributed by atoms with van der Waals surface area (Å²) in [4.78, 5) is 12.9. The van der Waals surface area contributed by atoms with Crippen LogP contribution >= 0.6 is 12.4 Å². The molecule has 11 heavy (non-hydrogen) atoms. The normalized spacial score (nSPS) is 12.1. The van der Waals surface area contributed by atoms with Gasteiger partial charge in [-0.05, 0) is 20.5 Å². The van der Waals surface area contributed by atoms with E-state index in [0.717, 1.165) is 6.54 Å². The van der Waals surface area contributed by atoms with Gasteiger partial charge in [-0.15, -0.1) is 12.4 Å². The molecule has 0 aromatic heterocycles. The lowest BCUT2D eigenvalue weighted by Gasteiger charge is -2.20. The van der Waals surface area contributed by atoms with Gasteiger partial charge >= 0.3 is 0 Å². The first-order chi connectivity index (χ1) is 4.63. The van der Waals surface area contributed by atoms with Crippen LogP contribution in [-0.4, -0.2) is 37.5 Å². The van der Waals surface area contributed by atoms with E-state index in [9.17, 15) is 4.79 Å². The molecule has 0 saturated heterocycles. The maximum Gasteiger partial charge on any atom is 0.236 e. The average Bonchev–Trinajstić information content (AvgIpc) is 2.00. The lowest BCUT2D eigenvalue weighted by molar-refractivity contribution is -0.124. The molecule has 0 aromatic carbocycles. The predicted octanol–water partition coefficient (Wildman–Crippen LogP) is 0.494. The topological polar surface area (TPSA) is 32.3 Å². The third-order valence-corrected chi connectivity index (χ3v) is 1.79. The molecule has 1 unspecified atom stereocenters. The molecule has 0 radical (unpaired) electrons. The first-order valence-corrected chi connectivity index (χ1v) is 3.55. The largest absolute Gasteiger partial charge is 0.358 e. The van der Waals surface area contributed by atoms with Crippen molar-refractivity contribution in [3.63, 3.8) is 0 Å². The van der Waals surface area contributed by atoms with E-state index in [4.69, 9.17) is 0 Å². The van der Waals surface area contributed by atoms with Crippen LogP contribution in [0.4, 0.5) is 0 Å². The highest BCUT2D eigenvalue weighted by Crippen LogP contribution is 1.92. The molecular weight excluding hydrogens is 164 g/mol. The van der Waals surface area contributed by atoms with Crippen LogP contribution in [0.5, 0.6) is 0 Å². The van der Waals surface area contributed by atoms with Crippen LogP contribution in [0.25, 0.3) is 0 Å². The molecule has 0 spiro atoms. The molecule has 0 bridgehead atoms. The van der Waals surface area contributed by atoms with Crippen molar-refractivity contribution in [3.8, 4) is 0 Å². The summed E-state index contributed by atoms with van der Waals surface area (Å²) in [6.45, 7) is 4.82. The van der Waals surface area contributed by atoms with Crippen LogP contribution in [0.2, 0.25) is 0 Å². The SMILES string of the molecule is CCN(C)C(C)C(=O)NC.Cl. The van der Waals surface area contributed by atoms with Gasteiger partial charge in [-0.25, -0.2) is 0 Å². The van der Waals surface area contributed by atoms with E-state index in [1.807, 2.05) is 25.8 Å². The minimum Gasteiger partial charge on any atom is -0.358 e. The number of nitrogens with one attached hydrogen (secondary N) is 1. The van der Waals surface area contributed by atoms with E-state index in [1.54, 1.807) is 7.05 Å². The second kappa shape index (κ2) is 6.43. The Bertz CT molecular complexity index is 119. The van der Waals surface area contributed by atoms with Crippen LogP contribution in [0, 0.1) is 0 Å². The first-order valence-electron chi connectivity index (χ1n) is 3.55. The monoisotopic (exact) mass is 180 g/mol. The van der Waals surface area contributed by atoms with Crippen molar-refractivity contribution in [1.29, 1.82) is 0 Å². The molecule has 0 saturated carbocycles. The van der Waals surface area contributed by atoms with Crippen molar-refractivity contribution >= 4 is 18.3 Å². The standard InChI is InChI=1S/C7H16N2O.ClH/c1-5-9(4)6(2)7(10)8-3;/h6H,5H2,1-4H3,(H,8,10);1H. The molecule has 4 heteroatoms. The van der Waals surface area contributed by atoms with Crippen molar-refractivity contribution < 1.29 is 4.79 Å². The number of carbonyl (C=O) groups excluding carboxylic acids is 1. The van der Waals surface area contributed by atoms with Crippen molar-refractivity contribution in [2.24, 2.45) is 0 Å². The molecule has 1 N–H and O–H groups in total. The Morgan fingerprint density at radius 1 is 1.64 bits per heavy atom. The molecular formula is C7H17ClN2O. The molecule has 3 nitrogen and oxygen atoms in total. The van der Waals surface area contributed by atoms with E-state index in [-0.39, 0.29) is 24.4 Å². The number of nitrogens with zero attached hydrogens (tertiary/aromatic N) is 1. The maximum absolute atomic E-state index is 11.0. The molecule has 1 atom stereocenters. The first kappa shape index (κ1) is 13.3. The highest BCUT2D eigenvalue weighted by molar-refractivity contribution is 5.85. The second-order valence-corrected chi connectivity index (χ2v) is 2.36. The van der Waals surface area contributed by atoms with Crippen LogP contribution in [0.1, 0.15) is 13.8 Å². The van der Waals surface area contributed by atoms with Gasteiger partial charge in [0.25, 0.3) is 0 Å². The number of carbonyl (C=O) groups is 1. The van der Waals surface area contributed by atoms with Gasteiger partial charge in [0.2, 0.25) is 5.91 Å². The molecule has 0 rings (SSSR count). The fourth-order valence-electron chi connectivity index (χ4n) is 0.683. The second-order valence-electron chi connectivity index (χ2n) is 2.36. The van der Waals surface area contributed by atoms with Crippen molar-refractivity contribution in [3.05, 3.63) is 0 Å². The highest BCUT2D eigenvalue weighted by atomic mass is 35.5. The van der Waals surface area contributed by atoms with Crippen molar-refractivity contribution in [2.75, 3.05) is 20.6 Å². The number of likely N-dealkylation sites (N-methyl/N-ethyl adjacent to an activating group) is 2. The summed E-state index contributed by atoms with van der Waals surface area (Å²) in [5.74, 6) is 0.0735. The fourth-order valence-corrected chi connectivity index (χ4v) is 0.683. The molecule has 0 aliphatic carbocycles. The summed E-state index contributed by atoms with van der Waals surface area (Å²) in [5.41, 5.74) is 0.